The van der Waals surface area contributed by atoms with Gasteiger partial charge in [0.05, 0.1) is 12.5 Å². The molecule has 2 rings (SSSR count). The minimum absolute atomic E-state index is 0.0886. The van der Waals surface area contributed by atoms with E-state index in [2.05, 4.69) is 12.2 Å². The number of hydrogen-bond acceptors (Lipinski definition) is 3. The molecule has 1 aromatic rings. The van der Waals surface area contributed by atoms with E-state index in [0.29, 0.717) is 13.0 Å². The summed E-state index contributed by atoms with van der Waals surface area (Å²) in [6.45, 7) is 3.56. The van der Waals surface area contributed by atoms with E-state index in [0.717, 1.165) is 25.1 Å². The second kappa shape index (κ2) is 7.22. The highest BCUT2D eigenvalue weighted by molar-refractivity contribution is 5.92. The third kappa shape index (κ3) is 4.56. The SMILES string of the molecule is CCc1cccc(NC(=O)CN2CCCC(C(=O)O)C2)c1. The van der Waals surface area contributed by atoms with Gasteiger partial charge in [0.1, 0.15) is 0 Å². The summed E-state index contributed by atoms with van der Waals surface area (Å²) in [6, 6.07) is 7.79. The third-order valence-electron chi connectivity index (χ3n) is 3.84. The second-order valence-electron chi connectivity index (χ2n) is 5.51. The van der Waals surface area contributed by atoms with Gasteiger partial charge in [-0.25, -0.2) is 0 Å². The van der Waals surface area contributed by atoms with Gasteiger partial charge in [-0.15, -0.1) is 0 Å². The number of carbonyl (C=O) groups excluding carboxylic acids is 1. The van der Waals surface area contributed by atoms with Crippen LogP contribution in [-0.4, -0.2) is 41.5 Å². The molecule has 5 heteroatoms. The summed E-state index contributed by atoms with van der Waals surface area (Å²) in [7, 11) is 0. The molecule has 1 atom stereocenters. The molecule has 1 aliphatic heterocycles. The van der Waals surface area contributed by atoms with Gasteiger partial charge < -0.3 is 10.4 Å². The average molecular weight is 290 g/mol. The molecule has 0 aliphatic carbocycles. The van der Waals surface area contributed by atoms with Gasteiger partial charge in [0.15, 0.2) is 0 Å². The molecular formula is C16H22N2O3. The van der Waals surface area contributed by atoms with Gasteiger partial charge >= 0.3 is 5.97 Å². The molecule has 1 aliphatic rings. The Morgan fingerprint density at radius 2 is 2.24 bits per heavy atom. The Labute approximate surface area is 125 Å². The van der Waals surface area contributed by atoms with Crippen LogP contribution < -0.4 is 5.32 Å². The van der Waals surface area contributed by atoms with E-state index < -0.39 is 5.97 Å². The Morgan fingerprint density at radius 1 is 1.43 bits per heavy atom. The lowest BCUT2D eigenvalue weighted by atomic mass is 9.98. The fraction of sp³-hybridized carbons (Fsp3) is 0.500. The number of anilines is 1. The van der Waals surface area contributed by atoms with Crippen molar-refractivity contribution in [2.24, 2.45) is 5.92 Å². The summed E-state index contributed by atoms with van der Waals surface area (Å²) >= 11 is 0. The van der Waals surface area contributed by atoms with Gasteiger partial charge in [0, 0.05) is 12.2 Å². The van der Waals surface area contributed by atoms with Crippen LogP contribution in [0.4, 0.5) is 5.69 Å². The summed E-state index contributed by atoms with van der Waals surface area (Å²) in [4.78, 5) is 25.0. The monoisotopic (exact) mass is 290 g/mol. The number of likely N-dealkylation sites (tertiary alicyclic amines) is 1. The molecule has 1 aromatic carbocycles. The van der Waals surface area contributed by atoms with E-state index in [4.69, 9.17) is 5.11 Å². The molecule has 21 heavy (non-hydrogen) atoms. The van der Waals surface area contributed by atoms with Crippen LogP contribution in [0.15, 0.2) is 24.3 Å². The first-order chi connectivity index (χ1) is 10.1. The first kappa shape index (κ1) is 15.5. The zero-order valence-corrected chi connectivity index (χ0v) is 12.3. The van der Waals surface area contributed by atoms with Crippen LogP contribution in [0, 0.1) is 5.92 Å². The fourth-order valence-corrected chi connectivity index (χ4v) is 2.67. The molecule has 0 bridgehead atoms. The number of carboxylic acids is 1. The van der Waals surface area contributed by atoms with Crippen molar-refractivity contribution in [3.63, 3.8) is 0 Å². The van der Waals surface area contributed by atoms with E-state index >= 15 is 0 Å². The topological polar surface area (TPSA) is 69.6 Å². The first-order valence-corrected chi connectivity index (χ1v) is 7.42. The normalized spacial score (nSPS) is 19.2. The Hall–Kier alpha value is -1.88. The Bertz CT molecular complexity index is 516. The molecule has 1 fully saturated rings. The van der Waals surface area contributed by atoms with Gasteiger partial charge in [0.2, 0.25) is 5.91 Å². The van der Waals surface area contributed by atoms with Crippen LogP contribution in [0.25, 0.3) is 0 Å². The summed E-state index contributed by atoms with van der Waals surface area (Å²) in [5, 5.41) is 11.9. The van der Waals surface area contributed by atoms with Crippen LogP contribution in [0.2, 0.25) is 0 Å². The molecule has 0 saturated carbocycles. The number of carboxylic acid groups (broad SMARTS) is 1. The number of carbonyl (C=O) groups is 2. The molecule has 5 nitrogen and oxygen atoms in total. The van der Waals surface area contributed by atoms with E-state index in [-0.39, 0.29) is 18.4 Å². The van der Waals surface area contributed by atoms with Crippen molar-refractivity contribution in [3.8, 4) is 0 Å². The van der Waals surface area contributed by atoms with Crippen molar-refractivity contribution >= 4 is 17.6 Å². The molecule has 0 aromatic heterocycles. The smallest absolute Gasteiger partial charge is 0.307 e. The maximum atomic E-state index is 12.1. The predicted octanol–water partition coefficient (Wildman–Crippen LogP) is 1.98. The lowest BCUT2D eigenvalue weighted by molar-refractivity contribution is -0.144. The molecule has 0 spiro atoms. The summed E-state index contributed by atoms with van der Waals surface area (Å²) in [6.07, 6.45) is 2.46. The van der Waals surface area contributed by atoms with Gasteiger partial charge in [-0.05, 0) is 43.5 Å². The van der Waals surface area contributed by atoms with Crippen molar-refractivity contribution in [3.05, 3.63) is 29.8 Å². The Balaban J connectivity index is 1.87. The highest BCUT2D eigenvalue weighted by Gasteiger charge is 2.26. The fourth-order valence-electron chi connectivity index (χ4n) is 2.67. The Morgan fingerprint density at radius 3 is 2.95 bits per heavy atom. The standard InChI is InChI=1S/C16H22N2O3/c1-2-12-5-3-7-14(9-12)17-15(19)11-18-8-4-6-13(10-18)16(20)21/h3,5,7,9,13H,2,4,6,8,10-11H2,1H3,(H,17,19)(H,20,21). The minimum Gasteiger partial charge on any atom is -0.481 e. The average Bonchev–Trinajstić information content (AvgIpc) is 2.47. The zero-order valence-electron chi connectivity index (χ0n) is 12.3. The Kier molecular flexibility index (Phi) is 5.33. The molecule has 1 saturated heterocycles. The van der Waals surface area contributed by atoms with Crippen LogP contribution >= 0.6 is 0 Å². The zero-order chi connectivity index (χ0) is 15.2. The molecular weight excluding hydrogens is 268 g/mol. The molecule has 0 radical (unpaired) electrons. The number of nitrogens with one attached hydrogen (secondary N) is 1. The van der Waals surface area contributed by atoms with E-state index in [9.17, 15) is 9.59 Å². The van der Waals surface area contributed by atoms with Crippen molar-refractivity contribution in [2.45, 2.75) is 26.2 Å². The van der Waals surface area contributed by atoms with E-state index in [1.54, 1.807) is 0 Å². The lowest BCUT2D eigenvalue weighted by Gasteiger charge is -2.29. The van der Waals surface area contributed by atoms with Gasteiger partial charge in [-0.1, -0.05) is 19.1 Å². The predicted molar refractivity (Wildman–Crippen MR) is 81.2 cm³/mol. The number of rotatable bonds is 5. The number of hydrogen-bond donors (Lipinski definition) is 2. The maximum absolute atomic E-state index is 12.1. The van der Waals surface area contributed by atoms with Gasteiger partial charge in [0.25, 0.3) is 0 Å². The van der Waals surface area contributed by atoms with Gasteiger partial charge in [-0.2, -0.15) is 0 Å². The summed E-state index contributed by atoms with van der Waals surface area (Å²) in [5.74, 6) is -1.21. The van der Waals surface area contributed by atoms with Crippen molar-refractivity contribution in [1.82, 2.24) is 4.90 Å². The summed E-state index contributed by atoms with van der Waals surface area (Å²) < 4.78 is 0. The number of nitrogens with zero attached hydrogens (tertiary/aromatic N) is 1. The molecule has 114 valence electrons. The molecule has 2 N–H and O–H groups in total. The number of aryl methyl sites for hydroxylation is 1. The lowest BCUT2D eigenvalue weighted by Crippen LogP contribution is -2.42. The van der Waals surface area contributed by atoms with Crippen molar-refractivity contribution in [1.29, 1.82) is 0 Å². The van der Waals surface area contributed by atoms with Crippen LogP contribution in [0.5, 0.6) is 0 Å². The number of benzene rings is 1. The van der Waals surface area contributed by atoms with Crippen molar-refractivity contribution in [2.75, 3.05) is 25.0 Å². The quantitative estimate of drug-likeness (QED) is 0.870. The second-order valence-corrected chi connectivity index (χ2v) is 5.51. The van der Waals surface area contributed by atoms with E-state index in [1.807, 2.05) is 29.2 Å². The summed E-state index contributed by atoms with van der Waals surface area (Å²) in [5.41, 5.74) is 1.97. The number of amides is 1. The van der Waals surface area contributed by atoms with Crippen LogP contribution in [0.3, 0.4) is 0 Å². The number of aliphatic carboxylic acids is 1. The van der Waals surface area contributed by atoms with Crippen LogP contribution in [0.1, 0.15) is 25.3 Å². The van der Waals surface area contributed by atoms with Crippen LogP contribution in [-0.2, 0) is 16.0 Å². The largest absolute Gasteiger partial charge is 0.481 e. The highest BCUT2D eigenvalue weighted by atomic mass is 16.4. The third-order valence-corrected chi connectivity index (χ3v) is 3.84. The molecule has 1 unspecified atom stereocenters. The first-order valence-electron chi connectivity index (χ1n) is 7.42. The van der Waals surface area contributed by atoms with E-state index in [1.165, 1.54) is 5.56 Å². The van der Waals surface area contributed by atoms with Gasteiger partial charge in [-0.3, -0.25) is 14.5 Å². The minimum atomic E-state index is -0.768. The molecule has 1 heterocycles. The highest BCUT2D eigenvalue weighted by Crippen LogP contribution is 2.17. The van der Waals surface area contributed by atoms with Crippen molar-refractivity contribution < 1.29 is 14.7 Å². The number of piperidine rings is 1. The molecule has 1 amide bonds. The maximum Gasteiger partial charge on any atom is 0.307 e.